The van der Waals surface area contributed by atoms with E-state index in [2.05, 4.69) is 34.4 Å². The average Bonchev–Trinajstić information content (AvgIpc) is 2.84. The van der Waals surface area contributed by atoms with Gasteiger partial charge in [-0.15, -0.1) is 0 Å². The van der Waals surface area contributed by atoms with Crippen LogP contribution in [0.1, 0.15) is 26.7 Å². The molecule has 2 N–H and O–H groups in total. The molecule has 0 aliphatic carbocycles. The summed E-state index contributed by atoms with van der Waals surface area (Å²) >= 11 is 0. The maximum absolute atomic E-state index is 5.27. The van der Waals surface area contributed by atoms with Gasteiger partial charge in [-0.25, -0.2) is 0 Å². The Morgan fingerprint density at radius 1 is 1.42 bits per heavy atom. The summed E-state index contributed by atoms with van der Waals surface area (Å²) < 4.78 is 5.27. The van der Waals surface area contributed by atoms with Crippen LogP contribution in [-0.2, 0) is 4.74 Å². The molecule has 2 rings (SSSR count). The van der Waals surface area contributed by atoms with Crippen LogP contribution < -0.4 is 10.6 Å². The molecule has 0 amide bonds. The summed E-state index contributed by atoms with van der Waals surface area (Å²) in [7, 11) is 1.83. The Morgan fingerprint density at radius 2 is 2.21 bits per heavy atom. The van der Waals surface area contributed by atoms with Crippen LogP contribution in [0.3, 0.4) is 0 Å². The van der Waals surface area contributed by atoms with Crippen molar-refractivity contribution in [1.82, 2.24) is 15.5 Å². The molecule has 1 unspecified atom stereocenters. The molecule has 0 aromatic rings. The molecule has 5 nitrogen and oxygen atoms in total. The Bertz CT molecular complexity index is 315. The minimum atomic E-state index is 0.278. The molecule has 2 fully saturated rings. The summed E-state index contributed by atoms with van der Waals surface area (Å²) in [5.41, 5.74) is 0.278. The zero-order valence-electron chi connectivity index (χ0n) is 12.5. The van der Waals surface area contributed by atoms with Gasteiger partial charge < -0.3 is 15.4 Å². The van der Waals surface area contributed by atoms with Crippen LogP contribution in [0.2, 0.25) is 0 Å². The van der Waals surface area contributed by atoms with Crippen molar-refractivity contribution < 1.29 is 4.74 Å². The van der Waals surface area contributed by atoms with Crippen molar-refractivity contribution in [1.29, 1.82) is 0 Å². The van der Waals surface area contributed by atoms with Crippen LogP contribution in [-0.4, -0.2) is 63.3 Å². The first kappa shape index (κ1) is 14.6. The number of ether oxygens (including phenoxy) is 1. The molecule has 0 aromatic heterocycles. The molecule has 0 saturated carbocycles. The highest BCUT2D eigenvalue weighted by atomic mass is 16.5. The van der Waals surface area contributed by atoms with Crippen molar-refractivity contribution >= 4 is 5.96 Å². The summed E-state index contributed by atoms with van der Waals surface area (Å²) in [5, 5.41) is 6.86. The second kappa shape index (κ2) is 6.57. The number of likely N-dealkylation sites (N-methyl/N-ethyl adjacent to an activating group) is 1. The minimum Gasteiger partial charge on any atom is -0.380 e. The fraction of sp³-hybridized carbons (Fsp3) is 0.929. The quantitative estimate of drug-likeness (QED) is 0.568. The molecule has 0 aromatic carbocycles. The predicted molar refractivity (Wildman–Crippen MR) is 78.6 cm³/mol. The number of rotatable bonds is 5. The lowest BCUT2D eigenvalue weighted by Gasteiger charge is -2.38. The number of hydrogen-bond donors (Lipinski definition) is 2. The largest absolute Gasteiger partial charge is 0.380 e. The van der Waals surface area contributed by atoms with Crippen LogP contribution in [0.4, 0.5) is 0 Å². The van der Waals surface area contributed by atoms with Crippen molar-refractivity contribution in [3.8, 4) is 0 Å². The summed E-state index contributed by atoms with van der Waals surface area (Å²) in [6, 6.07) is 0.658. The molecule has 2 saturated heterocycles. The molecule has 2 aliphatic heterocycles. The first-order valence-corrected chi connectivity index (χ1v) is 7.43. The minimum absolute atomic E-state index is 0.278. The summed E-state index contributed by atoms with van der Waals surface area (Å²) in [5.74, 6) is 0.913. The molecular formula is C14H28N4O. The van der Waals surface area contributed by atoms with Gasteiger partial charge in [0.05, 0.1) is 13.2 Å². The number of hydrogen-bond acceptors (Lipinski definition) is 3. The monoisotopic (exact) mass is 268 g/mol. The Balaban J connectivity index is 1.70. The van der Waals surface area contributed by atoms with Gasteiger partial charge in [0, 0.05) is 31.6 Å². The second-order valence-electron chi connectivity index (χ2n) is 6.03. The number of guanidine groups is 1. The average molecular weight is 268 g/mol. The number of likely N-dealkylation sites (tertiary alicyclic amines) is 1. The number of aliphatic imine (C=N–C) groups is 1. The van der Waals surface area contributed by atoms with E-state index in [1.165, 1.54) is 19.4 Å². The smallest absolute Gasteiger partial charge is 0.191 e. The van der Waals surface area contributed by atoms with Crippen molar-refractivity contribution in [2.24, 2.45) is 10.4 Å². The topological polar surface area (TPSA) is 48.9 Å². The van der Waals surface area contributed by atoms with Gasteiger partial charge in [-0.2, -0.15) is 0 Å². The van der Waals surface area contributed by atoms with E-state index in [0.717, 1.165) is 38.8 Å². The third-order valence-corrected chi connectivity index (χ3v) is 4.22. The zero-order chi connectivity index (χ0) is 13.7. The Labute approximate surface area is 116 Å². The molecule has 1 atom stereocenters. The number of nitrogens with zero attached hydrogens (tertiary/aromatic N) is 2. The van der Waals surface area contributed by atoms with Crippen LogP contribution in [0, 0.1) is 5.41 Å². The van der Waals surface area contributed by atoms with E-state index < -0.39 is 0 Å². The standard InChI is InChI=1S/C14H28N4O/c1-4-18-7-5-6-12(18)8-16-13(15-3)17-9-14(2)10-19-11-14/h12H,4-11H2,1-3H3,(H2,15,16,17). The molecule has 2 heterocycles. The van der Waals surface area contributed by atoms with Gasteiger partial charge in [-0.3, -0.25) is 9.89 Å². The fourth-order valence-electron chi connectivity index (χ4n) is 2.83. The van der Waals surface area contributed by atoms with Crippen LogP contribution in [0.15, 0.2) is 4.99 Å². The van der Waals surface area contributed by atoms with Gasteiger partial charge >= 0.3 is 0 Å². The molecular weight excluding hydrogens is 240 g/mol. The SMILES string of the molecule is CCN1CCCC1CNC(=NC)NCC1(C)COC1. The lowest BCUT2D eigenvalue weighted by atomic mass is 9.89. The normalized spacial score (nSPS) is 27.1. The lowest BCUT2D eigenvalue weighted by molar-refractivity contribution is -0.0971. The van der Waals surface area contributed by atoms with Crippen LogP contribution in [0.5, 0.6) is 0 Å². The summed E-state index contributed by atoms with van der Waals surface area (Å²) in [6.45, 7) is 10.5. The van der Waals surface area contributed by atoms with Crippen LogP contribution >= 0.6 is 0 Å². The van der Waals surface area contributed by atoms with E-state index >= 15 is 0 Å². The predicted octanol–water partition coefficient (Wildman–Crippen LogP) is 0.672. The highest BCUT2D eigenvalue weighted by Crippen LogP contribution is 2.24. The Morgan fingerprint density at radius 3 is 2.79 bits per heavy atom. The van der Waals surface area contributed by atoms with Gasteiger partial charge in [0.1, 0.15) is 0 Å². The van der Waals surface area contributed by atoms with E-state index in [1.54, 1.807) is 0 Å². The van der Waals surface area contributed by atoms with Crippen molar-refractivity contribution in [3.63, 3.8) is 0 Å². The molecule has 0 spiro atoms. The third-order valence-electron chi connectivity index (χ3n) is 4.22. The van der Waals surface area contributed by atoms with E-state index in [9.17, 15) is 0 Å². The lowest BCUT2D eigenvalue weighted by Crippen LogP contribution is -2.52. The van der Waals surface area contributed by atoms with E-state index in [1.807, 2.05) is 7.05 Å². The molecule has 0 radical (unpaired) electrons. The van der Waals surface area contributed by atoms with Gasteiger partial charge in [0.25, 0.3) is 0 Å². The summed E-state index contributed by atoms with van der Waals surface area (Å²) in [6.07, 6.45) is 2.62. The van der Waals surface area contributed by atoms with Gasteiger partial charge in [0.2, 0.25) is 0 Å². The zero-order valence-corrected chi connectivity index (χ0v) is 12.5. The highest BCUT2D eigenvalue weighted by molar-refractivity contribution is 5.79. The summed E-state index contributed by atoms with van der Waals surface area (Å²) in [4.78, 5) is 6.84. The van der Waals surface area contributed by atoms with Crippen molar-refractivity contribution in [2.75, 3.05) is 46.4 Å². The maximum atomic E-state index is 5.27. The van der Waals surface area contributed by atoms with Crippen molar-refractivity contribution in [2.45, 2.75) is 32.7 Å². The van der Waals surface area contributed by atoms with Crippen molar-refractivity contribution in [3.05, 3.63) is 0 Å². The molecule has 0 bridgehead atoms. The first-order valence-electron chi connectivity index (χ1n) is 7.43. The fourth-order valence-corrected chi connectivity index (χ4v) is 2.83. The highest BCUT2D eigenvalue weighted by Gasteiger charge is 2.33. The molecule has 19 heavy (non-hydrogen) atoms. The van der Waals surface area contributed by atoms with Gasteiger partial charge in [0.15, 0.2) is 5.96 Å². The molecule has 2 aliphatic rings. The molecule has 5 heteroatoms. The Kier molecular flexibility index (Phi) is 5.05. The molecule has 110 valence electrons. The van der Waals surface area contributed by atoms with Gasteiger partial charge in [-0.05, 0) is 25.9 Å². The van der Waals surface area contributed by atoms with Crippen LogP contribution in [0.25, 0.3) is 0 Å². The third kappa shape index (κ3) is 3.83. The van der Waals surface area contributed by atoms with E-state index in [-0.39, 0.29) is 5.41 Å². The number of nitrogens with one attached hydrogen (secondary N) is 2. The van der Waals surface area contributed by atoms with E-state index in [0.29, 0.717) is 6.04 Å². The second-order valence-corrected chi connectivity index (χ2v) is 6.03. The Hall–Kier alpha value is -0.810. The van der Waals surface area contributed by atoms with Gasteiger partial charge in [-0.1, -0.05) is 13.8 Å². The maximum Gasteiger partial charge on any atom is 0.191 e. The van der Waals surface area contributed by atoms with E-state index in [4.69, 9.17) is 4.74 Å². The first-order chi connectivity index (χ1) is 9.17.